The summed E-state index contributed by atoms with van der Waals surface area (Å²) in [5.41, 5.74) is 2.46. The van der Waals surface area contributed by atoms with Crippen LogP contribution < -0.4 is 4.72 Å². The Hall–Kier alpha value is -1.77. The van der Waals surface area contributed by atoms with Crippen molar-refractivity contribution in [3.05, 3.63) is 36.3 Å². The van der Waals surface area contributed by atoms with E-state index in [0.29, 0.717) is 13.1 Å². The average molecular weight is 321 g/mol. The maximum atomic E-state index is 12.2. The highest BCUT2D eigenvalue weighted by molar-refractivity contribution is 7.87. The number of aromatic nitrogens is 3. The van der Waals surface area contributed by atoms with E-state index in [1.807, 2.05) is 19.3 Å². The molecule has 3 rings (SSSR count). The number of nitrogens with zero attached hydrogens (tertiary/aromatic N) is 4. The number of hydrogen-bond donors (Lipinski definition) is 1. The maximum absolute atomic E-state index is 12.2. The Morgan fingerprint density at radius 3 is 2.77 bits per heavy atom. The Morgan fingerprint density at radius 1 is 1.32 bits per heavy atom. The van der Waals surface area contributed by atoms with Gasteiger partial charge in [0.1, 0.15) is 0 Å². The van der Waals surface area contributed by atoms with E-state index in [9.17, 15) is 8.42 Å². The van der Waals surface area contributed by atoms with Crippen molar-refractivity contribution in [2.24, 2.45) is 7.05 Å². The lowest BCUT2D eigenvalue weighted by Crippen LogP contribution is -2.38. The van der Waals surface area contributed by atoms with Gasteiger partial charge in [0.25, 0.3) is 10.2 Å². The summed E-state index contributed by atoms with van der Waals surface area (Å²) in [7, 11) is -1.58. The molecular formula is C14H19N5O2S. The standard InChI is InChI=1S/C14H19N5O2S/c1-18-11-13(9-16-18)14-12(5-4-6-15-14)10-17-22(20,21)19-7-2-3-8-19/h4-6,9,11,17H,2-3,7-8,10H2,1H3. The third-order valence-corrected chi connectivity index (χ3v) is 5.27. The molecule has 0 aromatic carbocycles. The Labute approximate surface area is 130 Å². The number of aryl methyl sites for hydroxylation is 1. The van der Waals surface area contributed by atoms with Crippen molar-refractivity contribution in [3.8, 4) is 11.3 Å². The molecule has 8 heteroatoms. The second-order valence-electron chi connectivity index (χ2n) is 5.35. The molecule has 0 saturated carbocycles. The van der Waals surface area contributed by atoms with E-state index in [2.05, 4.69) is 14.8 Å². The van der Waals surface area contributed by atoms with Crippen LogP contribution in [0.15, 0.2) is 30.7 Å². The molecule has 0 bridgehead atoms. The molecule has 7 nitrogen and oxygen atoms in total. The molecule has 0 aliphatic carbocycles. The first-order valence-electron chi connectivity index (χ1n) is 7.24. The Bertz CT molecular complexity index is 750. The van der Waals surface area contributed by atoms with Crippen LogP contribution in [-0.2, 0) is 23.8 Å². The van der Waals surface area contributed by atoms with E-state index in [0.717, 1.165) is 29.7 Å². The largest absolute Gasteiger partial charge is 0.279 e. The fourth-order valence-electron chi connectivity index (χ4n) is 2.57. The maximum Gasteiger partial charge on any atom is 0.279 e. The van der Waals surface area contributed by atoms with Crippen LogP contribution in [0.1, 0.15) is 18.4 Å². The summed E-state index contributed by atoms with van der Waals surface area (Å²) in [6.07, 6.45) is 7.13. The van der Waals surface area contributed by atoms with Crippen molar-refractivity contribution in [3.63, 3.8) is 0 Å². The van der Waals surface area contributed by atoms with Gasteiger partial charge in [0.05, 0.1) is 11.9 Å². The van der Waals surface area contributed by atoms with E-state index in [1.165, 1.54) is 4.31 Å². The average Bonchev–Trinajstić information content (AvgIpc) is 3.17. The van der Waals surface area contributed by atoms with Crippen LogP contribution in [0.3, 0.4) is 0 Å². The summed E-state index contributed by atoms with van der Waals surface area (Å²) < 4.78 is 30.3. The second kappa shape index (κ2) is 6.15. The normalized spacial score (nSPS) is 16.2. The van der Waals surface area contributed by atoms with Crippen molar-refractivity contribution in [1.82, 2.24) is 23.8 Å². The molecule has 0 radical (unpaired) electrons. The van der Waals surface area contributed by atoms with Crippen molar-refractivity contribution in [2.75, 3.05) is 13.1 Å². The minimum atomic E-state index is -3.42. The van der Waals surface area contributed by atoms with Gasteiger partial charge >= 0.3 is 0 Å². The van der Waals surface area contributed by atoms with E-state index < -0.39 is 10.2 Å². The first-order chi connectivity index (χ1) is 10.6. The molecule has 1 saturated heterocycles. The van der Waals surface area contributed by atoms with Crippen LogP contribution in [0.2, 0.25) is 0 Å². The van der Waals surface area contributed by atoms with Crippen molar-refractivity contribution in [2.45, 2.75) is 19.4 Å². The van der Waals surface area contributed by atoms with Gasteiger partial charge in [0.2, 0.25) is 0 Å². The predicted octanol–water partition coefficient (Wildman–Crippen LogP) is 0.912. The summed E-state index contributed by atoms with van der Waals surface area (Å²) in [6, 6.07) is 3.68. The molecule has 2 aromatic rings. The van der Waals surface area contributed by atoms with Gasteiger partial charge in [0, 0.05) is 44.6 Å². The van der Waals surface area contributed by atoms with E-state index in [4.69, 9.17) is 0 Å². The smallest absolute Gasteiger partial charge is 0.275 e. The summed E-state index contributed by atoms with van der Waals surface area (Å²) in [5.74, 6) is 0. The lowest BCUT2D eigenvalue weighted by atomic mass is 10.1. The molecule has 2 aromatic heterocycles. The number of rotatable bonds is 5. The topological polar surface area (TPSA) is 80.1 Å². The molecule has 1 N–H and O–H groups in total. The number of hydrogen-bond acceptors (Lipinski definition) is 4. The van der Waals surface area contributed by atoms with Gasteiger partial charge in [-0.15, -0.1) is 0 Å². The van der Waals surface area contributed by atoms with Crippen LogP contribution in [0, 0.1) is 0 Å². The SMILES string of the molecule is Cn1cc(-c2ncccc2CNS(=O)(=O)N2CCCC2)cn1. The number of pyridine rings is 1. The van der Waals surface area contributed by atoms with Crippen LogP contribution in [0.25, 0.3) is 11.3 Å². The van der Waals surface area contributed by atoms with Gasteiger partial charge in [-0.1, -0.05) is 6.07 Å². The van der Waals surface area contributed by atoms with E-state index in [1.54, 1.807) is 23.1 Å². The van der Waals surface area contributed by atoms with Crippen LogP contribution in [0.5, 0.6) is 0 Å². The molecule has 0 spiro atoms. The Balaban J connectivity index is 1.78. The van der Waals surface area contributed by atoms with E-state index >= 15 is 0 Å². The third kappa shape index (κ3) is 3.18. The minimum Gasteiger partial charge on any atom is -0.275 e. The third-order valence-electron chi connectivity index (χ3n) is 3.72. The summed E-state index contributed by atoms with van der Waals surface area (Å²) in [5, 5.41) is 4.14. The van der Waals surface area contributed by atoms with Gasteiger partial charge in [-0.25, -0.2) is 0 Å². The van der Waals surface area contributed by atoms with Crippen molar-refractivity contribution in [1.29, 1.82) is 0 Å². The highest BCUT2D eigenvalue weighted by Crippen LogP contribution is 2.20. The molecular weight excluding hydrogens is 302 g/mol. The highest BCUT2D eigenvalue weighted by atomic mass is 32.2. The van der Waals surface area contributed by atoms with Crippen LogP contribution in [-0.4, -0.2) is 40.6 Å². The molecule has 1 aliphatic heterocycles. The molecule has 0 amide bonds. The fraction of sp³-hybridized carbons (Fsp3) is 0.429. The zero-order valence-electron chi connectivity index (χ0n) is 12.4. The van der Waals surface area contributed by atoms with Gasteiger partial charge < -0.3 is 0 Å². The van der Waals surface area contributed by atoms with E-state index in [-0.39, 0.29) is 6.54 Å². The molecule has 1 fully saturated rings. The lowest BCUT2D eigenvalue weighted by molar-refractivity contribution is 0.464. The van der Waals surface area contributed by atoms with Crippen molar-refractivity contribution < 1.29 is 8.42 Å². The zero-order valence-corrected chi connectivity index (χ0v) is 13.3. The molecule has 0 atom stereocenters. The first-order valence-corrected chi connectivity index (χ1v) is 8.68. The highest BCUT2D eigenvalue weighted by Gasteiger charge is 2.25. The molecule has 118 valence electrons. The molecule has 3 heterocycles. The van der Waals surface area contributed by atoms with Gasteiger partial charge in [-0.3, -0.25) is 9.67 Å². The van der Waals surface area contributed by atoms with Crippen LogP contribution in [0.4, 0.5) is 0 Å². The van der Waals surface area contributed by atoms with Gasteiger partial charge in [-0.2, -0.15) is 22.5 Å². The Morgan fingerprint density at radius 2 is 2.09 bits per heavy atom. The van der Waals surface area contributed by atoms with Crippen LogP contribution >= 0.6 is 0 Å². The monoisotopic (exact) mass is 321 g/mol. The molecule has 22 heavy (non-hydrogen) atoms. The Kier molecular flexibility index (Phi) is 4.23. The fourth-order valence-corrected chi connectivity index (χ4v) is 3.83. The zero-order chi connectivity index (χ0) is 15.6. The lowest BCUT2D eigenvalue weighted by Gasteiger charge is -2.16. The minimum absolute atomic E-state index is 0.219. The van der Waals surface area contributed by atoms with Gasteiger partial charge in [-0.05, 0) is 24.5 Å². The molecule has 0 unspecified atom stereocenters. The van der Waals surface area contributed by atoms with Gasteiger partial charge in [0.15, 0.2) is 0 Å². The first kappa shape index (κ1) is 15.1. The molecule has 1 aliphatic rings. The second-order valence-corrected chi connectivity index (χ2v) is 7.10. The predicted molar refractivity (Wildman–Crippen MR) is 83.0 cm³/mol. The summed E-state index contributed by atoms with van der Waals surface area (Å²) in [6.45, 7) is 1.41. The van der Waals surface area contributed by atoms with Crippen molar-refractivity contribution >= 4 is 10.2 Å². The summed E-state index contributed by atoms with van der Waals surface area (Å²) in [4.78, 5) is 4.36. The summed E-state index contributed by atoms with van der Waals surface area (Å²) >= 11 is 0. The quantitative estimate of drug-likeness (QED) is 0.888. The number of nitrogens with one attached hydrogen (secondary N) is 1.